The number of benzene rings is 2. The number of rotatable bonds is 9. The van der Waals surface area contributed by atoms with E-state index in [2.05, 4.69) is 16.0 Å². The molecule has 0 spiro atoms. The largest absolute Gasteiger partial charge is 1.00 e. The number of halogens is 1. The minimum Gasteiger partial charge on any atom is -0.548 e. The molecule has 0 unspecified atom stereocenters. The standard InChI is InChI=1S/C21H22ClN3O4.Na/c22-15-8-6-13(7-9-15)10-11-23-19(26)16(12-14-4-2-1-3-5-14)24-20(27)17-18(25-17)21(28)29;/h1-9,16-18,25H,10-12H2,(H,23,26)(H,24,27)(H,28,29);/q;+1/p-1/t16-,17-,18-;/m0./s1. The van der Waals surface area contributed by atoms with Crippen molar-refractivity contribution in [3.63, 3.8) is 0 Å². The van der Waals surface area contributed by atoms with Crippen LogP contribution in [0.3, 0.4) is 0 Å². The average molecular weight is 438 g/mol. The van der Waals surface area contributed by atoms with Gasteiger partial charge in [-0.15, -0.1) is 0 Å². The molecular formula is C21H21ClN3NaO4. The van der Waals surface area contributed by atoms with Crippen molar-refractivity contribution in [3.8, 4) is 0 Å². The number of amides is 2. The van der Waals surface area contributed by atoms with E-state index in [-0.39, 0.29) is 35.5 Å². The molecule has 1 aliphatic heterocycles. The van der Waals surface area contributed by atoms with Crippen LogP contribution in [0, 0.1) is 0 Å². The summed E-state index contributed by atoms with van der Waals surface area (Å²) in [6, 6.07) is 13.9. The maximum Gasteiger partial charge on any atom is 1.00 e. The van der Waals surface area contributed by atoms with Crippen molar-refractivity contribution in [2.45, 2.75) is 31.0 Å². The monoisotopic (exact) mass is 437 g/mol. The molecule has 1 saturated heterocycles. The SMILES string of the molecule is O=C(NCCc1ccc(Cl)cc1)[C@H](Cc1ccccc1)NC(=O)[C@H]1N[C@@H]1C(=O)[O-].[Na+]. The van der Waals surface area contributed by atoms with Gasteiger partial charge in [0.15, 0.2) is 0 Å². The Bertz CT molecular complexity index is 880. The molecule has 2 amide bonds. The zero-order valence-corrected chi connectivity index (χ0v) is 19.3. The first-order chi connectivity index (χ1) is 13.9. The number of carbonyl (C=O) groups is 3. The molecule has 30 heavy (non-hydrogen) atoms. The van der Waals surface area contributed by atoms with Gasteiger partial charge < -0.3 is 20.5 Å². The minimum atomic E-state index is -1.34. The van der Waals surface area contributed by atoms with Crippen molar-refractivity contribution in [1.82, 2.24) is 16.0 Å². The molecule has 1 aliphatic rings. The summed E-state index contributed by atoms with van der Waals surface area (Å²) >= 11 is 5.87. The van der Waals surface area contributed by atoms with Crippen LogP contribution in [0.15, 0.2) is 54.6 Å². The van der Waals surface area contributed by atoms with E-state index in [1.807, 2.05) is 42.5 Å². The van der Waals surface area contributed by atoms with Crippen LogP contribution in [-0.2, 0) is 27.2 Å². The zero-order valence-electron chi connectivity index (χ0n) is 16.6. The molecular weight excluding hydrogens is 417 g/mol. The number of hydrogen-bond acceptors (Lipinski definition) is 5. The van der Waals surface area contributed by atoms with Gasteiger partial charge in [-0.05, 0) is 29.7 Å². The summed E-state index contributed by atoms with van der Waals surface area (Å²) < 4.78 is 0. The molecule has 7 nitrogen and oxygen atoms in total. The summed E-state index contributed by atoms with van der Waals surface area (Å²) in [6.45, 7) is 0.394. The van der Waals surface area contributed by atoms with E-state index in [1.165, 1.54) is 0 Å². The quantitative estimate of drug-likeness (QED) is 0.282. The first-order valence-electron chi connectivity index (χ1n) is 9.27. The van der Waals surface area contributed by atoms with Gasteiger partial charge >= 0.3 is 29.6 Å². The summed E-state index contributed by atoms with van der Waals surface area (Å²) in [5.41, 5.74) is 1.91. The molecule has 0 aromatic heterocycles. The molecule has 1 fully saturated rings. The van der Waals surface area contributed by atoms with Gasteiger partial charge in [0.05, 0.1) is 12.0 Å². The third-order valence-corrected chi connectivity index (χ3v) is 4.91. The Morgan fingerprint density at radius 2 is 1.67 bits per heavy atom. The first-order valence-corrected chi connectivity index (χ1v) is 9.65. The van der Waals surface area contributed by atoms with Crippen LogP contribution in [0.25, 0.3) is 0 Å². The molecule has 3 N–H and O–H groups in total. The van der Waals surface area contributed by atoms with Crippen molar-refractivity contribution >= 4 is 29.4 Å². The number of carbonyl (C=O) groups excluding carboxylic acids is 3. The van der Waals surface area contributed by atoms with Gasteiger partial charge in [-0.1, -0.05) is 54.1 Å². The molecule has 1 heterocycles. The van der Waals surface area contributed by atoms with Gasteiger partial charge in [0, 0.05) is 18.0 Å². The molecule has 0 aliphatic carbocycles. The molecule has 0 bridgehead atoms. The molecule has 152 valence electrons. The Morgan fingerprint density at radius 3 is 2.27 bits per heavy atom. The van der Waals surface area contributed by atoms with Crippen LogP contribution in [0.4, 0.5) is 0 Å². The Labute approximate surface area is 201 Å². The van der Waals surface area contributed by atoms with E-state index in [4.69, 9.17) is 11.6 Å². The number of carboxylic acids is 1. The Kier molecular flexibility index (Phi) is 9.33. The first kappa shape index (κ1) is 24.4. The predicted molar refractivity (Wildman–Crippen MR) is 106 cm³/mol. The van der Waals surface area contributed by atoms with Crippen molar-refractivity contribution in [1.29, 1.82) is 0 Å². The molecule has 3 rings (SSSR count). The second kappa shape index (κ2) is 11.5. The average Bonchev–Trinajstić information content (AvgIpc) is 3.51. The smallest absolute Gasteiger partial charge is 0.548 e. The molecule has 0 saturated carbocycles. The van der Waals surface area contributed by atoms with Crippen LogP contribution in [0.1, 0.15) is 11.1 Å². The fourth-order valence-electron chi connectivity index (χ4n) is 2.99. The Morgan fingerprint density at radius 1 is 1.00 bits per heavy atom. The normalized spacial score (nSPS) is 17.9. The van der Waals surface area contributed by atoms with E-state index in [9.17, 15) is 19.5 Å². The number of hydrogen-bond donors (Lipinski definition) is 3. The predicted octanol–water partition coefficient (Wildman–Crippen LogP) is -3.18. The topological polar surface area (TPSA) is 120 Å². The summed E-state index contributed by atoms with van der Waals surface area (Å²) in [6.07, 6.45) is 0.911. The molecule has 2 aromatic rings. The summed E-state index contributed by atoms with van der Waals surface area (Å²) in [7, 11) is 0. The summed E-state index contributed by atoms with van der Waals surface area (Å²) in [4.78, 5) is 35.8. The van der Waals surface area contributed by atoms with Gasteiger partial charge in [0.2, 0.25) is 11.8 Å². The molecule has 0 radical (unpaired) electrons. The second-order valence-corrected chi connectivity index (χ2v) is 7.30. The molecule has 9 heteroatoms. The van der Waals surface area contributed by atoms with Crippen molar-refractivity contribution in [2.24, 2.45) is 0 Å². The minimum absolute atomic E-state index is 0. The summed E-state index contributed by atoms with van der Waals surface area (Å²) in [5.74, 6) is -2.20. The van der Waals surface area contributed by atoms with E-state index >= 15 is 0 Å². The van der Waals surface area contributed by atoms with Gasteiger partial charge in [0.1, 0.15) is 12.1 Å². The van der Waals surface area contributed by atoms with Gasteiger partial charge in [-0.3, -0.25) is 14.9 Å². The van der Waals surface area contributed by atoms with Crippen LogP contribution in [0.5, 0.6) is 0 Å². The number of aliphatic carboxylic acids is 1. The Hall–Kier alpha value is -1.90. The third kappa shape index (κ3) is 7.11. The van der Waals surface area contributed by atoms with Crippen molar-refractivity contribution < 1.29 is 49.0 Å². The van der Waals surface area contributed by atoms with Crippen molar-refractivity contribution in [2.75, 3.05) is 6.54 Å². The van der Waals surface area contributed by atoms with Gasteiger partial charge in [-0.2, -0.15) is 0 Å². The van der Waals surface area contributed by atoms with E-state index in [0.29, 0.717) is 24.4 Å². The van der Waals surface area contributed by atoms with Crippen molar-refractivity contribution in [3.05, 3.63) is 70.7 Å². The third-order valence-electron chi connectivity index (χ3n) is 4.66. The van der Waals surface area contributed by atoms with Crippen LogP contribution in [0.2, 0.25) is 5.02 Å². The van der Waals surface area contributed by atoms with E-state index in [0.717, 1.165) is 11.1 Å². The molecule has 2 aromatic carbocycles. The van der Waals surface area contributed by atoms with Crippen LogP contribution < -0.4 is 50.6 Å². The Balaban J connectivity index is 0.00000320. The maximum atomic E-state index is 12.7. The number of carboxylic acid groups (broad SMARTS) is 1. The summed E-state index contributed by atoms with van der Waals surface area (Å²) in [5, 5.41) is 19.5. The zero-order chi connectivity index (χ0) is 20.8. The van der Waals surface area contributed by atoms with E-state index in [1.54, 1.807) is 12.1 Å². The van der Waals surface area contributed by atoms with E-state index < -0.39 is 30.0 Å². The number of nitrogens with one attached hydrogen (secondary N) is 3. The molecule has 3 atom stereocenters. The van der Waals surface area contributed by atoms with Crippen LogP contribution >= 0.6 is 11.6 Å². The maximum absolute atomic E-state index is 12.7. The fourth-order valence-corrected chi connectivity index (χ4v) is 3.12. The fraction of sp³-hybridized carbons (Fsp3) is 0.286. The van der Waals surface area contributed by atoms with Gasteiger partial charge in [-0.25, -0.2) is 0 Å². The van der Waals surface area contributed by atoms with Gasteiger partial charge in [0.25, 0.3) is 0 Å². The second-order valence-electron chi connectivity index (χ2n) is 6.86. The van der Waals surface area contributed by atoms with Crippen LogP contribution in [-0.4, -0.2) is 42.5 Å².